The van der Waals surface area contributed by atoms with Crippen molar-refractivity contribution in [2.45, 2.75) is 46.2 Å². The van der Waals surface area contributed by atoms with E-state index in [9.17, 15) is 0 Å². The number of nitrogens with one attached hydrogen (secondary N) is 1. The summed E-state index contributed by atoms with van der Waals surface area (Å²) in [5.41, 5.74) is 7.75. The Morgan fingerprint density at radius 3 is 2.44 bits per heavy atom. The van der Waals surface area contributed by atoms with E-state index in [4.69, 9.17) is 5.73 Å². The van der Waals surface area contributed by atoms with Gasteiger partial charge in [0, 0.05) is 12.1 Å². The molecule has 0 aliphatic heterocycles. The highest BCUT2D eigenvalue weighted by molar-refractivity contribution is 5.65. The van der Waals surface area contributed by atoms with Crippen LogP contribution in [0.25, 0.3) is 0 Å². The van der Waals surface area contributed by atoms with Gasteiger partial charge >= 0.3 is 0 Å². The van der Waals surface area contributed by atoms with E-state index in [1.807, 2.05) is 11.6 Å². The Balaban J connectivity index is 2.76. The molecule has 0 bridgehead atoms. The number of aromatic nitrogens is 2. The first-order valence-electron chi connectivity index (χ1n) is 6.58. The van der Waals surface area contributed by atoms with Crippen LogP contribution in [-0.2, 0) is 0 Å². The van der Waals surface area contributed by atoms with Crippen LogP contribution in [0.5, 0.6) is 0 Å². The number of nitrogens with zero attached hydrogens (tertiary/aromatic N) is 3. The van der Waals surface area contributed by atoms with Crippen LogP contribution in [0.1, 0.15) is 38.9 Å². The Labute approximate surface area is 110 Å². The number of rotatable bonds is 6. The van der Waals surface area contributed by atoms with E-state index in [1.165, 1.54) is 0 Å². The normalized spacial score (nSPS) is 13.3. The molecule has 0 aliphatic rings. The molecule has 1 aromatic rings. The lowest BCUT2D eigenvalue weighted by molar-refractivity contribution is 0.389. The summed E-state index contributed by atoms with van der Waals surface area (Å²) in [6, 6.07) is 0.688. The zero-order valence-corrected chi connectivity index (χ0v) is 12.5. The van der Waals surface area contributed by atoms with Gasteiger partial charge in [-0.15, -0.1) is 0 Å². The smallest absolute Gasteiger partial charge is 0.148 e. The monoisotopic (exact) mass is 253 g/mol. The SMILES string of the molecule is Cc1nn(C(C)C)c(NC(C)CCN(C)C)c1N. The second-order valence-electron chi connectivity index (χ2n) is 5.52. The van der Waals surface area contributed by atoms with Crippen LogP contribution < -0.4 is 11.1 Å². The Hall–Kier alpha value is -1.23. The van der Waals surface area contributed by atoms with Crippen molar-refractivity contribution in [3.8, 4) is 0 Å². The van der Waals surface area contributed by atoms with Crippen molar-refractivity contribution < 1.29 is 0 Å². The predicted molar refractivity (Wildman–Crippen MR) is 78.0 cm³/mol. The summed E-state index contributed by atoms with van der Waals surface area (Å²) in [5, 5.41) is 7.96. The third kappa shape index (κ3) is 3.63. The summed E-state index contributed by atoms with van der Waals surface area (Å²) in [5.74, 6) is 0.953. The Bertz CT molecular complexity index is 381. The first-order chi connectivity index (χ1) is 8.32. The fourth-order valence-electron chi connectivity index (χ4n) is 1.84. The van der Waals surface area contributed by atoms with Crippen LogP contribution in [-0.4, -0.2) is 41.4 Å². The molecule has 0 saturated carbocycles. The second-order valence-corrected chi connectivity index (χ2v) is 5.52. The summed E-state index contributed by atoms with van der Waals surface area (Å²) in [4.78, 5) is 2.19. The lowest BCUT2D eigenvalue weighted by atomic mass is 10.2. The van der Waals surface area contributed by atoms with Crippen LogP contribution >= 0.6 is 0 Å². The van der Waals surface area contributed by atoms with Crippen molar-refractivity contribution in [2.75, 3.05) is 31.7 Å². The van der Waals surface area contributed by atoms with Gasteiger partial charge in [-0.25, -0.2) is 4.68 Å². The van der Waals surface area contributed by atoms with Crippen molar-refractivity contribution in [2.24, 2.45) is 0 Å². The van der Waals surface area contributed by atoms with Gasteiger partial charge in [-0.1, -0.05) is 0 Å². The van der Waals surface area contributed by atoms with Crippen LogP contribution in [0, 0.1) is 6.92 Å². The highest BCUT2D eigenvalue weighted by Crippen LogP contribution is 2.26. The minimum absolute atomic E-state index is 0.310. The van der Waals surface area contributed by atoms with Gasteiger partial charge in [0.25, 0.3) is 0 Å². The number of nitrogens with two attached hydrogens (primary N) is 1. The van der Waals surface area contributed by atoms with Crippen molar-refractivity contribution in [3.05, 3.63) is 5.69 Å². The van der Waals surface area contributed by atoms with E-state index < -0.39 is 0 Å². The maximum absolute atomic E-state index is 6.09. The van der Waals surface area contributed by atoms with Crippen molar-refractivity contribution in [1.82, 2.24) is 14.7 Å². The molecule has 5 nitrogen and oxygen atoms in total. The van der Waals surface area contributed by atoms with Gasteiger partial charge in [-0.05, 0) is 54.8 Å². The first kappa shape index (κ1) is 14.8. The third-order valence-corrected chi connectivity index (χ3v) is 3.01. The fraction of sp³-hybridized carbons (Fsp3) is 0.769. The van der Waals surface area contributed by atoms with Gasteiger partial charge in [-0.2, -0.15) is 5.10 Å². The molecule has 0 saturated heterocycles. The number of anilines is 2. The van der Waals surface area contributed by atoms with E-state index in [0.29, 0.717) is 12.1 Å². The summed E-state index contributed by atoms with van der Waals surface area (Å²) >= 11 is 0. The van der Waals surface area contributed by atoms with Crippen molar-refractivity contribution in [3.63, 3.8) is 0 Å². The summed E-state index contributed by atoms with van der Waals surface area (Å²) in [7, 11) is 4.17. The molecule has 1 aromatic heterocycles. The minimum atomic E-state index is 0.310. The average Bonchev–Trinajstić information content (AvgIpc) is 2.54. The quantitative estimate of drug-likeness (QED) is 0.815. The zero-order chi connectivity index (χ0) is 13.9. The largest absolute Gasteiger partial charge is 0.394 e. The van der Waals surface area contributed by atoms with Crippen molar-refractivity contribution in [1.29, 1.82) is 0 Å². The average molecular weight is 253 g/mol. The van der Waals surface area contributed by atoms with Gasteiger partial charge in [0.05, 0.1) is 11.4 Å². The molecule has 0 aromatic carbocycles. The van der Waals surface area contributed by atoms with Crippen LogP contribution in [0.15, 0.2) is 0 Å². The van der Waals surface area contributed by atoms with Crippen LogP contribution in [0.3, 0.4) is 0 Å². The number of hydrogen-bond donors (Lipinski definition) is 2. The van der Waals surface area contributed by atoms with Crippen LogP contribution in [0.2, 0.25) is 0 Å². The number of nitrogen functional groups attached to an aromatic ring is 1. The van der Waals surface area contributed by atoms with E-state index in [0.717, 1.165) is 30.2 Å². The van der Waals surface area contributed by atoms with E-state index in [1.54, 1.807) is 0 Å². The second kappa shape index (κ2) is 6.09. The molecule has 1 unspecified atom stereocenters. The molecule has 1 rings (SSSR count). The molecule has 5 heteroatoms. The summed E-state index contributed by atoms with van der Waals surface area (Å²) in [6.07, 6.45) is 1.08. The highest BCUT2D eigenvalue weighted by atomic mass is 15.4. The van der Waals surface area contributed by atoms with E-state index >= 15 is 0 Å². The molecule has 3 N–H and O–H groups in total. The standard InChI is InChI=1S/C13H27N5/c1-9(2)18-13(12(14)11(4)16-18)15-10(3)7-8-17(5)6/h9-10,15H,7-8,14H2,1-6H3. The first-order valence-corrected chi connectivity index (χ1v) is 6.58. The molecule has 18 heavy (non-hydrogen) atoms. The van der Waals surface area contributed by atoms with E-state index in [-0.39, 0.29) is 0 Å². The molecule has 0 amide bonds. The fourth-order valence-corrected chi connectivity index (χ4v) is 1.84. The zero-order valence-electron chi connectivity index (χ0n) is 12.5. The van der Waals surface area contributed by atoms with Gasteiger partial charge < -0.3 is 16.0 Å². The molecule has 0 radical (unpaired) electrons. The van der Waals surface area contributed by atoms with Crippen molar-refractivity contribution >= 4 is 11.5 Å². The molecule has 1 atom stereocenters. The molecule has 0 spiro atoms. The summed E-state index contributed by atoms with van der Waals surface area (Å²) < 4.78 is 1.97. The van der Waals surface area contributed by atoms with Gasteiger partial charge in [0.2, 0.25) is 0 Å². The molecular weight excluding hydrogens is 226 g/mol. The molecule has 0 aliphatic carbocycles. The van der Waals surface area contributed by atoms with Gasteiger partial charge in [0.15, 0.2) is 0 Å². The van der Waals surface area contributed by atoms with Gasteiger partial charge in [0.1, 0.15) is 5.82 Å². The number of hydrogen-bond acceptors (Lipinski definition) is 4. The summed E-state index contributed by atoms with van der Waals surface area (Å²) in [6.45, 7) is 9.41. The number of aryl methyl sites for hydroxylation is 1. The maximum atomic E-state index is 6.09. The predicted octanol–water partition coefficient (Wildman–Crippen LogP) is 2.11. The maximum Gasteiger partial charge on any atom is 0.148 e. The molecule has 1 heterocycles. The minimum Gasteiger partial charge on any atom is -0.394 e. The van der Waals surface area contributed by atoms with Crippen LogP contribution in [0.4, 0.5) is 11.5 Å². The molecular formula is C13H27N5. The van der Waals surface area contributed by atoms with Gasteiger partial charge in [-0.3, -0.25) is 0 Å². The lowest BCUT2D eigenvalue weighted by Gasteiger charge is -2.20. The Morgan fingerprint density at radius 1 is 1.33 bits per heavy atom. The molecule has 104 valence electrons. The topological polar surface area (TPSA) is 59.1 Å². The lowest BCUT2D eigenvalue weighted by Crippen LogP contribution is -2.25. The Kier molecular flexibility index (Phi) is 5.02. The highest BCUT2D eigenvalue weighted by Gasteiger charge is 2.16. The molecule has 0 fully saturated rings. The van der Waals surface area contributed by atoms with E-state index in [2.05, 4.69) is 50.2 Å². The Morgan fingerprint density at radius 2 is 1.94 bits per heavy atom. The third-order valence-electron chi connectivity index (χ3n) is 3.01.